The zero-order valence-electron chi connectivity index (χ0n) is 10.3. The lowest BCUT2D eigenvalue weighted by atomic mass is 9.98. The molecule has 1 aliphatic heterocycles. The normalized spacial score (nSPS) is 24.0. The van der Waals surface area contributed by atoms with E-state index >= 15 is 0 Å². The van der Waals surface area contributed by atoms with Crippen LogP contribution in [0, 0.1) is 13.8 Å². The number of nitrogens with one attached hydrogen (secondary N) is 1. The van der Waals surface area contributed by atoms with E-state index in [4.69, 9.17) is 10.5 Å². The van der Waals surface area contributed by atoms with Crippen molar-refractivity contribution in [1.82, 2.24) is 0 Å². The Bertz CT molecular complexity index is 391. The molecule has 1 fully saturated rings. The molecular weight excluding hydrogens is 280 g/mol. The average molecular weight is 299 g/mol. The van der Waals surface area contributed by atoms with Crippen LogP contribution in [0.15, 0.2) is 16.6 Å². The summed E-state index contributed by atoms with van der Waals surface area (Å²) in [5.41, 5.74) is 9.37. The first-order valence-electron chi connectivity index (χ1n) is 5.89. The summed E-state index contributed by atoms with van der Waals surface area (Å²) in [4.78, 5) is 0. The summed E-state index contributed by atoms with van der Waals surface area (Å²) in [5, 5.41) is 3.54. The van der Waals surface area contributed by atoms with E-state index < -0.39 is 0 Å². The second-order valence-corrected chi connectivity index (χ2v) is 5.63. The lowest BCUT2D eigenvalue weighted by molar-refractivity contribution is 0.183. The standard InChI is InChI=1S/C13H19BrN2O/c1-9-5-11(6-10(2)12(9)14)16-13(7-15)3-4-17-8-13/h5-6,16H,3-4,7-8,15H2,1-2H3. The first kappa shape index (κ1) is 12.9. The van der Waals surface area contributed by atoms with Crippen LogP contribution < -0.4 is 11.1 Å². The van der Waals surface area contributed by atoms with Gasteiger partial charge in [0.05, 0.1) is 12.1 Å². The van der Waals surface area contributed by atoms with E-state index in [1.807, 2.05) is 0 Å². The maximum atomic E-state index is 5.87. The van der Waals surface area contributed by atoms with Crippen LogP contribution >= 0.6 is 15.9 Å². The molecule has 0 aliphatic carbocycles. The number of aryl methyl sites for hydroxylation is 2. The predicted octanol–water partition coefficient (Wildman–Crippen LogP) is 2.60. The van der Waals surface area contributed by atoms with Crippen molar-refractivity contribution in [3.05, 3.63) is 27.7 Å². The van der Waals surface area contributed by atoms with Crippen LogP contribution in [0.4, 0.5) is 5.69 Å². The Hall–Kier alpha value is -0.580. The Morgan fingerprint density at radius 2 is 2.06 bits per heavy atom. The molecule has 1 aromatic rings. The molecule has 3 nitrogen and oxygen atoms in total. The molecule has 17 heavy (non-hydrogen) atoms. The Morgan fingerprint density at radius 1 is 1.41 bits per heavy atom. The third-order valence-corrected chi connectivity index (χ3v) is 4.59. The van der Waals surface area contributed by atoms with Gasteiger partial charge in [-0.1, -0.05) is 15.9 Å². The van der Waals surface area contributed by atoms with Crippen LogP contribution in [-0.4, -0.2) is 25.3 Å². The highest BCUT2D eigenvalue weighted by Crippen LogP contribution is 2.29. The van der Waals surface area contributed by atoms with Crippen LogP contribution in [0.3, 0.4) is 0 Å². The Kier molecular flexibility index (Phi) is 3.76. The van der Waals surface area contributed by atoms with Crippen molar-refractivity contribution in [1.29, 1.82) is 0 Å². The molecule has 2 rings (SSSR count). The zero-order chi connectivity index (χ0) is 12.5. The number of nitrogens with two attached hydrogens (primary N) is 1. The van der Waals surface area contributed by atoms with Gasteiger partial charge in [-0.2, -0.15) is 0 Å². The second kappa shape index (κ2) is 4.96. The van der Waals surface area contributed by atoms with Crippen molar-refractivity contribution in [2.24, 2.45) is 5.73 Å². The number of ether oxygens (including phenoxy) is 1. The van der Waals surface area contributed by atoms with Gasteiger partial charge in [-0.3, -0.25) is 0 Å². The van der Waals surface area contributed by atoms with Gasteiger partial charge in [0.1, 0.15) is 0 Å². The maximum Gasteiger partial charge on any atom is 0.0750 e. The molecule has 0 amide bonds. The molecule has 1 unspecified atom stereocenters. The third kappa shape index (κ3) is 2.64. The molecule has 4 heteroatoms. The highest BCUT2D eigenvalue weighted by Gasteiger charge is 2.33. The average Bonchev–Trinajstić information content (AvgIpc) is 2.75. The largest absolute Gasteiger partial charge is 0.379 e. The molecule has 0 bridgehead atoms. The van der Waals surface area contributed by atoms with Gasteiger partial charge in [-0.25, -0.2) is 0 Å². The van der Waals surface area contributed by atoms with Gasteiger partial charge in [-0.05, 0) is 43.5 Å². The Morgan fingerprint density at radius 3 is 2.53 bits per heavy atom. The zero-order valence-corrected chi connectivity index (χ0v) is 11.9. The number of anilines is 1. The number of halogens is 1. The van der Waals surface area contributed by atoms with E-state index in [-0.39, 0.29) is 5.54 Å². The van der Waals surface area contributed by atoms with Gasteiger partial charge >= 0.3 is 0 Å². The lowest BCUT2D eigenvalue weighted by Crippen LogP contribution is -2.46. The van der Waals surface area contributed by atoms with Crippen LogP contribution in [0.2, 0.25) is 0 Å². The minimum absolute atomic E-state index is 0.0906. The summed E-state index contributed by atoms with van der Waals surface area (Å²) < 4.78 is 6.63. The fraction of sp³-hybridized carbons (Fsp3) is 0.538. The van der Waals surface area contributed by atoms with Crippen molar-refractivity contribution in [3.8, 4) is 0 Å². The van der Waals surface area contributed by atoms with Gasteiger partial charge in [-0.15, -0.1) is 0 Å². The van der Waals surface area contributed by atoms with Crippen molar-refractivity contribution in [3.63, 3.8) is 0 Å². The summed E-state index contributed by atoms with van der Waals surface area (Å²) >= 11 is 3.58. The minimum Gasteiger partial charge on any atom is -0.379 e. The Balaban J connectivity index is 2.23. The summed E-state index contributed by atoms with van der Waals surface area (Å²) in [7, 11) is 0. The highest BCUT2D eigenvalue weighted by atomic mass is 79.9. The van der Waals surface area contributed by atoms with Crippen LogP contribution in [0.5, 0.6) is 0 Å². The van der Waals surface area contributed by atoms with Crippen molar-refractivity contribution in [2.75, 3.05) is 25.1 Å². The van der Waals surface area contributed by atoms with E-state index in [9.17, 15) is 0 Å². The highest BCUT2D eigenvalue weighted by molar-refractivity contribution is 9.10. The smallest absolute Gasteiger partial charge is 0.0750 e. The molecule has 1 heterocycles. The predicted molar refractivity (Wildman–Crippen MR) is 74.5 cm³/mol. The number of hydrogen-bond donors (Lipinski definition) is 2. The molecule has 0 radical (unpaired) electrons. The van der Waals surface area contributed by atoms with E-state index in [0.29, 0.717) is 13.2 Å². The molecule has 1 saturated heterocycles. The van der Waals surface area contributed by atoms with Gasteiger partial charge < -0.3 is 15.8 Å². The molecule has 0 spiro atoms. The lowest BCUT2D eigenvalue weighted by Gasteiger charge is -2.28. The maximum absolute atomic E-state index is 5.87. The molecule has 1 aromatic carbocycles. The first-order valence-corrected chi connectivity index (χ1v) is 6.68. The van der Waals surface area contributed by atoms with Crippen LogP contribution in [-0.2, 0) is 4.74 Å². The first-order chi connectivity index (χ1) is 8.06. The van der Waals surface area contributed by atoms with E-state index in [0.717, 1.165) is 18.7 Å². The summed E-state index contributed by atoms with van der Waals surface area (Å²) in [6, 6.07) is 4.29. The number of benzene rings is 1. The van der Waals surface area contributed by atoms with E-state index in [1.165, 1.54) is 15.6 Å². The fourth-order valence-electron chi connectivity index (χ4n) is 2.24. The van der Waals surface area contributed by atoms with Gasteiger partial charge in [0, 0.05) is 23.3 Å². The molecule has 1 aliphatic rings. The second-order valence-electron chi connectivity index (χ2n) is 4.84. The molecule has 0 aromatic heterocycles. The summed E-state index contributed by atoms with van der Waals surface area (Å²) in [5.74, 6) is 0. The van der Waals surface area contributed by atoms with Gasteiger partial charge in [0.25, 0.3) is 0 Å². The molecular formula is C13H19BrN2O. The monoisotopic (exact) mass is 298 g/mol. The van der Waals surface area contributed by atoms with Crippen LogP contribution in [0.1, 0.15) is 17.5 Å². The Labute approximate surface area is 111 Å². The van der Waals surface area contributed by atoms with Crippen LogP contribution in [0.25, 0.3) is 0 Å². The molecule has 3 N–H and O–H groups in total. The van der Waals surface area contributed by atoms with Crippen molar-refractivity contribution in [2.45, 2.75) is 25.8 Å². The van der Waals surface area contributed by atoms with E-state index in [2.05, 4.69) is 47.2 Å². The summed E-state index contributed by atoms with van der Waals surface area (Å²) in [6.45, 7) is 6.28. The minimum atomic E-state index is -0.0906. The molecule has 94 valence electrons. The van der Waals surface area contributed by atoms with E-state index in [1.54, 1.807) is 0 Å². The van der Waals surface area contributed by atoms with Gasteiger partial charge in [0.15, 0.2) is 0 Å². The number of rotatable bonds is 3. The van der Waals surface area contributed by atoms with Gasteiger partial charge in [0.2, 0.25) is 0 Å². The third-order valence-electron chi connectivity index (χ3n) is 3.34. The number of hydrogen-bond acceptors (Lipinski definition) is 3. The fourth-order valence-corrected chi connectivity index (χ4v) is 2.47. The van der Waals surface area contributed by atoms with Crippen molar-refractivity contribution < 1.29 is 4.74 Å². The van der Waals surface area contributed by atoms with Crippen molar-refractivity contribution >= 4 is 21.6 Å². The summed E-state index contributed by atoms with van der Waals surface area (Å²) in [6.07, 6.45) is 0.970. The quantitative estimate of drug-likeness (QED) is 0.902. The topological polar surface area (TPSA) is 47.3 Å². The SMILES string of the molecule is Cc1cc(NC2(CN)CCOC2)cc(C)c1Br. The molecule has 0 saturated carbocycles. The molecule has 1 atom stereocenters.